The molecule has 0 radical (unpaired) electrons. The molecule has 3 N–H and O–H groups in total. The van der Waals surface area contributed by atoms with Crippen LogP contribution in [-0.2, 0) is 15.5 Å². The van der Waals surface area contributed by atoms with E-state index in [1.165, 1.54) is 6.20 Å². The molecule has 0 saturated carbocycles. The summed E-state index contributed by atoms with van der Waals surface area (Å²) in [5, 5.41) is 13.2. The van der Waals surface area contributed by atoms with Gasteiger partial charge in [0, 0.05) is 62.9 Å². The molecular formula is C28H30F2N8O3S. The van der Waals surface area contributed by atoms with Gasteiger partial charge in [0.15, 0.2) is 16.4 Å². The van der Waals surface area contributed by atoms with Gasteiger partial charge in [0.1, 0.15) is 22.4 Å². The van der Waals surface area contributed by atoms with Gasteiger partial charge in [-0.3, -0.25) is 9.89 Å². The summed E-state index contributed by atoms with van der Waals surface area (Å²) in [5.74, 6) is -1.95. The molecule has 0 aliphatic carbocycles. The van der Waals surface area contributed by atoms with Crippen LogP contribution in [0.2, 0.25) is 0 Å². The monoisotopic (exact) mass is 596 g/mol. The van der Waals surface area contributed by atoms with E-state index in [1.54, 1.807) is 6.07 Å². The number of carbonyl (C=O) groups excluding carboxylic acids is 1. The van der Waals surface area contributed by atoms with Crippen LogP contribution < -0.4 is 15.5 Å². The molecule has 0 bridgehead atoms. The zero-order valence-electron chi connectivity index (χ0n) is 22.9. The van der Waals surface area contributed by atoms with Crippen LogP contribution in [0.1, 0.15) is 23.2 Å². The molecule has 2 aliphatic rings. The average molecular weight is 597 g/mol. The molecule has 11 nitrogen and oxygen atoms in total. The number of nitrogens with zero attached hydrogens (tertiary/aromatic N) is 5. The molecule has 4 heterocycles. The summed E-state index contributed by atoms with van der Waals surface area (Å²) in [4.78, 5) is 26.6. The van der Waals surface area contributed by atoms with Crippen LogP contribution in [-0.4, -0.2) is 87.7 Å². The number of hydrogen-bond donors (Lipinski definition) is 3. The quantitative estimate of drug-likeness (QED) is 0.294. The Morgan fingerprint density at radius 1 is 1.07 bits per heavy atom. The summed E-state index contributed by atoms with van der Waals surface area (Å²) >= 11 is 0. The Morgan fingerprint density at radius 3 is 2.55 bits per heavy atom. The second-order valence-corrected chi connectivity index (χ2v) is 11.8. The predicted octanol–water partition coefficient (Wildman–Crippen LogP) is 3.39. The molecule has 0 spiro atoms. The molecule has 1 unspecified atom stereocenters. The lowest BCUT2D eigenvalue weighted by molar-refractivity contribution is 0.0904. The Kier molecular flexibility index (Phi) is 8.09. The van der Waals surface area contributed by atoms with Crippen molar-refractivity contribution in [3.63, 3.8) is 0 Å². The number of fused-ring (bicyclic) bond motifs is 1. The smallest absolute Gasteiger partial charge is 0.258 e. The molecule has 2 saturated heterocycles. The number of benzene rings is 2. The SMILES string of the molecule is CN1CCN(c2ccc(C(=O)Nc3[nH]nc4ncc(S(=O)c5cc(F)cc(F)c5)nc34)c(NC3CCOCC3)c2)CC1. The topological polar surface area (TPSA) is 128 Å². The summed E-state index contributed by atoms with van der Waals surface area (Å²) in [6.45, 7) is 5.01. The summed E-state index contributed by atoms with van der Waals surface area (Å²) in [5.41, 5.74) is 2.53. The number of carbonyl (C=O) groups is 1. The van der Waals surface area contributed by atoms with Crippen LogP contribution in [0.15, 0.2) is 52.5 Å². The molecule has 4 aromatic rings. The molecular weight excluding hydrogens is 566 g/mol. The molecule has 6 rings (SSSR count). The molecule has 1 atom stereocenters. The second kappa shape index (κ2) is 12.1. The Balaban J connectivity index is 1.28. The van der Waals surface area contributed by atoms with Crippen molar-refractivity contribution in [2.45, 2.75) is 28.8 Å². The van der Waals surface area contributed by atoms with Gasteiger partial charge in [-0.05, 0) is 50.2 Å². The molecule has 1 amide bonds. The molecule has 14 heteroatoms. The minimum Gasteiger partial charge on any atom is -0.381 e. The lowest BCUT2D eigenvalue weighted by Crippen LogP contribution is -2.44. The fraction of sp³-hybridized carbons (Fsp3) is 0.357. The van der Waals surface area contributed by atoms with Crippen LogP contribution in [0.5, 0.6) is 0 Å². The first-order chi connectivity index (χ1) is 20.3. The van der Waals surface area contributed by atoms with E-state index in [-0.39, 0.29) is 32.9 Å². The van der Waals surface area contributed by atoms with Gasteiger partial charge in [0.05, 0.1) is 16.7 Å². The van der Waals surface area contributed by atoms with Crippen molar-refractivity contribution in [2.24, 2.45) is 0 Å². The van der Waals surface area contributed by atoms with Gasteiger partial charge in [0.2, 0.25) is 5.65 Å². The van der Waals surface area contributed by atoms with Crippen LogP contribution in [0.25, 0.3) is 11.2 Å². The highest BCUT2D eigenvalue weighted by molar-refractivity contribution is 7.85. The fourth-order valence-electron chi connectivity index (χ4n) is 5.06. The van der Waals surface area contributed by atoms with Gasteiger partial charge in [-0.2, -0.15) is 5.10 Å². The van der Waals surface area contributed by atoms with Gasteiger partial charge in [-0.1, -0.05) is 0 Å². The van der Waals surface area contributed by atoms with E-state index in [2.05, 4.69) is 47.6 Å². The number of hydrogen-bond acceptors (Lipinski definition) is 9. The normalized spacial score (nSPS) is 17.4. The second-order valence-electron chi connectivity index (χ2n) is 10.4. The Bertz CT molecular complexity index is 1620. The zero-order chi connectivity index (χ0) is 29.2. The number of rotatable bonds is 7. The van der Waals surface area contributed by atoms with Gasteiger partial charge in [-0.25, -0.2) is 23.0 Å². The fourth-order valence-corrected chi connectivity index (χ4v) is 6.07. The van der Waals surface area contributed by atoms with Crippen LogP contribution in [0.3, 0.4) is 0 Å². The van der Waals surface area contributed by atoms with Crippen molar-refractivity contribution in [1.29, 1.82) is 0 Å². The summed E-state index contributed by atoms with van der Waals surface area (Å²) in [7, 11) is 0.0895. The average Bonchev–Trinajstić information content (AvgIpc) is 3.39. The maximum atomic E-state index is 13.7. The zero-order valence-corrected chi connectivity index (χ0v) is 23.7. The number of piperazine rings is 1. The third-order valence-corrected chi connectivity index (χ3v) is 8.66. The highest BCUT2D eigenvalue weighted by Crippen LogP contribution is 2.29. The van der Waals surface area contributed by atoms with Gasteiger partial charge in [0.25, 0.3) is 5.91 Å². The first-order valence-corrected chi connectivity index (χ1v) is 14.8. The number of anilines is 3. The van der Waals surface area contributed by atoms with E-state index in [9.17, 15) is 17.8 Å². The number of ether oxygens (including phenoxy) is 1. The molecule has 220 valence electrons. The van der Waals surface area contributed by atoms with Crippen LogP contribution in [0, 0.1) is 11.6 Å². The summed E-state index contributed by atoms with van der Waals surface area (Å²) in [6, 6.07) is 8.57. The number of nitrogens with one attached hydrogen (secondary N) is 3. The van der Waals surface area contributed by atoms with Gasteiger partial charge in [-0.15, -0.1) is 0 Å². The van der Waals surface area contributed by atoms with Crippen molar-refractivity contribution in [1.82, 2.24) is 25.1 Å². The largest absolute Gasteiger partial charge is 0.381 e. The molecule has 2 aromatic heterocycles. The highest BCUT2D eigenvalue weighted by Gasteiger charge is 2.23. The van der Waals surface area contributed by atoms with E-state index in [1.807, 2.05) is 12.1 Å². The maximum absolute atomic E-state index is 13.7. The van der Waals surface area contributed by atoms with Crippen LogP contribution >= 0.6 is 0 Å². The number of H-pyrrole nitrogens is 1. The molecule has 42 heavy (non-hydrogen) atoms. The van der Waals surface area contributed by atoms with Crippen molar-refractivity contribution in [2.75, 3.05) is 62.0 Å². The first-order valence-electron chi connectivity index (χ1n) is 13.7. The lowest BCUT2D eigenvalue weighted by atomic mass is 10.1. The first kappa shape index (κ1) is 28.1. The number of halogens is 2. The van der Waals surface area contributed by atoms with E-state index in [4.69, 9.17) is 4.74 Å². The standard InChI is InChI=1S/C28H30F2N8O3S/c1-37-6-8-38(9-7-37)20-2-3-22(23(15-20)32-19-4-10-41-11-5-19)28(39)34-27-25-26(35-36-27)31-16-24(33-25)42(40)21-13-17(29)12-18(30)14-21/h2-3,12-16,19,32H,4-11H2,1H3,(H2,31,34,35,36,39). The predicted molar refractivity (Wildman–Crippen MR) is 154 cm³/mol. The molecule has 2 aliphatic heterocycles. The van der Waals surface area contributed by atoms with Crippen molar-refractivity contribution in [3.05, 3.63) is 59.8 Å². The minimum absolute atomic E-state index is 0.0391. The number of amides is 1. The van der Waals surface area contributed by atoms with Gasteiger partial charge < -0.3 is 25.2 Å². The summed E-state index contributed by atoms with van der Waals surface area (Å²) < 4.78 is 46.0. The number of likely N-dealkylation sites (N-methyl/N-ethyl adjacent to an activating group) is 1. The number of aromatic amines is 1. The molecule has 2 aromatic carbocycles. The van der Waals surface area contributed by atoms with E-state index < -0.39 is 28.3 Å². The maximum Gasteiger partial charge on any atom is 0.258 e. The number of aromatic nitrogens is 4. The Morgan fingerprint density at radius 2 is 1.81 bits per heavy atom. The lowest BCUT2D eigenvalue weighted by Gasteiger charge is -2.34. The minimum atomic E-state index is -2.02. The van der Waals surface area contributed by atoms with E-state index in [0.717, 1.165) is 56.8 Å². The van der Waals surface area contributed by atoms with Gasteiger partial charge >= 0.3 is 0 Å². The van der Waals surface area contributed by atoms with Crippen molar-refractivity contribution >= 4 is 45.1 Å². The third kappa shape index (κ3) is 6.10. The Labute approximate surface area is 243 Å². The summed E-state index contributed by atoms with van der Waals surface area (Å²) in [6.07, 6.45) is 2.88. The van der Waals surface area contributed by atoms with Crippen molar-refractivity contribution < 1.29 is 22.5 Å². The Hall–Kier alpha value is -4.01. The van der Waals surface area contributed by atoms with E-state index in [0.29, 0.717) is 30.5 Å². The van der Waals surface area contributed by atoms with Crippen molar-refractivity contribution in [3.8, 4) is 0 Å². The highest BCUT2D eigenvalue weighted by atomic mass is 32.2. The molecule has 2 fully saturated rings. The third-order valence-electron chi connectivity index (χ3n) is 7.42. The van der Waals surface area contributed by atoms with E-state index >= 15 is 0 Å². The van der Waals surface area contributed by atoms with Crippen LogP contribution in [0.4, 0.5) is 26.0 Å².